The summed E-state index contributed by atoms with van der Waals surface area (Å²) in [5.74, 6) is 0.997. The molecule has 4 rings (SSSR count). The molecule has 1 aliphatic heterocycles. The van der Waals surface area contributed by atoms with Crippen molar-refractivity contribution in [1.29, 1.82) is 0 Å². The summed E-state index contributed by atoms with van der Waals surface area (Å²) < 4.78 is 27.7. The van der Waals surface area contributed by atoms with E-state index in [9.17, 15) is 9.18 Å². The largest absolute Gasteiger partial charge is 0.493 e. The number of halogens is 1. The number of rotatable bonds is 3. The van der Waals surface area contributed by atoms with Crippen LogP contribution in [0.5, 0.6) is 11.5 Å². The van der Waals surface area contributed by atoms with E-state index in [1.54, 1.807) is 38.0 Å². The van der Waals surface area contributed by atoms with Crippen LogP contribution in [0.1, 0.15) is 18.4 Å². The average molecular weight is 395 g/mol. The van der Waals surface area contributed by atoms with Crippen LogP contribution in [0.2, 0.25) is 0 Å². The molecular formula is C22H22FN3O3. The molecule has 0 saturated carbocycles. The van der Waals surface area contributed by atoms with Crippen LogP contribution in [0.15, 0.2) is 52.3 Å². The van der Waals surface area contributed by atoms with E-state index in [2.05, 4.69) is 11.9 Å². The smallest absolute Gasteiger partial charge is 0.329 e. The minimum Gasteiger partial charge on any atom is -0.493 e. The Morgan fingerprint density at radius 3 is 2.52 bits per heavy atom. The lowest BCUT2D eigenvalue weighted by Crippen LogP contribution is -2.41. The molecule has 0 saturated heterocycles. The minimum atomic E-state index is -0.375. The number of fused-ring (bicyclic) bond motifs is 3. The van der Waals surface area contributed by atoms with E-state index in [1.807, 2.05) is 18.2 Å². The van der Waals surface area contributed by atoms with E-state index in [4.69, 9.17) is 9.47 Å². The lowest BCUT2D eigenvalue weighted by Gasteiger charge is -2.28. The number of nitrogens with zero attached hydrogens (tertiary/aromatic N) is 3. The molecule has 0 fully saturated rings. The molecule has 29 heavy (non-hydrogen) atoms. The quantitative estimate of drug-likeness (QED) is 0.683. The van der Waals surface area contributed by atoms with Crippen molar-refractivity contribution in [2.24, 2.45) is 12.0 Å². The Labute approximate surface area is 167 Å². The van der Waals surface area contributed by atoms with Gasteiger partial charge in [0.05, 0.1) is 25.6 Å². The summed E-state index contributed by atoms with van der Waals surface area (Å²) in [7, 11) is 4.86. The van der Waals surface area contributed by atoms with Gasteiger partial charge in [-0.2, -0.15) is 0 Å². The Balaban J connectivity index is 2.00. The van der Waals surface area contributed by atoms with E-state index < -0.39 is 0 Å². The Morgan fingerprint density at radius 2 is 1.83 bits per heavy atom. The lowest BCUT2D eigenvalue weighted by molar-refractivity contribution is 0.354. The highest BCUT2D eigenvalue weighted by Crippen LogP contribution is 2.41. The SMILES string of the molecule is COc1cc2c(cc1OC)C(C)Cn1c-2cc(=Nc2cccc(F)c2)n(C)c1=O. The van der Waals surface area contributed by atoms with Crippen LogP contribution in [-0.4, -0.2) is 23.4 Å². The molecule has 7 heteroatoms. The fraction of sp³-hybridized carbons (Fsp3) is 0.273. The number of methoxy groups -OCH3 is 2. The first kappa shape index (κ1) is 19.0. The zero-order valence-corrected chi connectivity index (χ0v) is 16.8. The molecule has 6 nitrogen and oxygen atoms in total. The monoisotopic (exact) mass is 395 g/mol. The maximum Gasteiger partial charge on any atom is 0.329 e. The average Bonchev–Trinajstić information content (AvgIpc) is 2.72. The fourth-order valence-electron chi connectivity index (χ4n) is 3.76. The maximum absolute atomic E-state index is 13.6. The van der Waals surface area contributed by atoms with Gasteiger partial charge >= 0.3 is 5.69 Å². The van der Waals surface area contributed by atoms with E-state index in [0.717, 1.165) is 16.8 Å². The highest BCUT2D eigenvalue weighted by atomic mass is 19.1. The Morgan fingerprint density at radius 1 is 1.10 bits per heavy atom. The zero-order chi connectivity index (χ0) is 20.7. The van der Waals surface area contributed by atoms with Crippen LogP contribution in [0, 0.1) is 5.82 Å². The maximum atomic E-state index is 13.6. The molecule has 0 radical (unpaired) electrons. The van der Waals surface area contributed by atoms with Crippen LogP contribution in [0.4, 0.5) is 10.1 Å². The molecule has 0 N–H and O–H groups in total. The molecule has 1 atom stereocenters. The third kappa shape index (κ3) is 3.22. The molecule has 2 aromatic carbocycles. The Hall–Kier alpha value is -3.35. The van der Waals surface area contributed by atoms with Gasteiger partial charge in [0.1, 0.15) is 11.3 Å². The molecule has 0 aliphatic carbocycles. The van der Waals surface area contributed by atoms with E-state index in [-0.39, 0.29) is 17.4 Å². The standard InChI is InChI=1S/C22H22FN3O3/c1-13-12-26-18(17-10-20(29-4)19(28-3)9-16(13)17)11-21(25(2)22(26)27)24-15-7-5-6-14(23)8-15/h5-11,13H,12H2,1-4H3. The van der Waals surface area contributed by atoms with E-state index in [0.29, 0.717) is 29.2 Å². The third-order valence-corrected chi connectivity index (χ3v) is 5.29. The van der Waals surface area contributed by atoms with Gasteiger partial charge in [-0.3, -0.25) is 9.13 Å². The van der Waals surface area contributed by atoms with Gasteiger partial charge in [0.25, 0.3) is 0 Å². The second kappa shape index (κ2) is 7.24. The fourth-order valence-corrected chi connectivity index (χ4v) is 3.76. The first-order valence-corrected chi connectivity index (χ1v) is 9.30. The third-order valence-electron chi connectivity index (χ3n) is 5.29. The van der Waals surface area contributed by atoms with Crippen LogP contribution in [-0.2, 0) is 13.6 Å². The topological polar surface area (TPSA) is 57.8 Å². The van der Waals surface area contributed by atoms with Crippen molar-refractivity contribution in [3.63, 3.8) is 0 Å². The van der Waals surface area contributed by atoms with E-state index >= 15 is 0 Å². The van der Waals surface area contributed by atoms with Crippen LogP contribution in [0.3, 0.4) is 0 Å². The minimum absolute atomic E-state index is 0.126. The van der Waals surface area contributed by atoms with Crippen LogP contribution < -0.4 is 20.7 Å². The Kier molecular flexibility index (Phi) is 4.74. The molecular weight excluding hydrogens is 373 g/mol. The van der Waals surface area contributed by atoms with E-state index in [1.165, 1.54) is 16.7 Å². The molecule has 1 unspecified atom stereocenters. The van der Waals surface area contributed by atoms with Gasteiger partial charge in [-0.25, -0.2) is 14.2 Å². The van der Waals surface area contributed by atoms with Gasteiger partial charge in [0.15, 0.2) is 11.5 Å². The second-order valence-electron chi connectivity index (χ2n) is 7.13. The van der Waals surface area contributed by atoms with Crippen LogP contribution >= 0.6 is 0 Å². The number of ether oxygens (including phenoxy) is 2. The molecule has 2 heterocycles. The van der Waals surface area contributed by atoms with Gasteiger partial charge in [-0.1, -0.05) is 13.0 Å². The lowest BCUT2D eigenvalue weighted by atomic mass is 9.89. The molecule has 0 bridgehead atoms. The first-order valence-electron chi connectivity index (χ1n) is 9.30. The predicted octanol–water partition coefficient (Wildman–Crippen LogP) is 3.36. The van der Waals surface area contributed by atoms with Crippen molar-refractivity contribution in [3.05, 3.63) is 69.8 Å². The Bertz CT molecular complexity index is 1230. The number of hydrogen-bond acceptors (Lipinski definition) is 4. The summed E-state index contributed by atoms with van der Waals surface area (Å²) in [6, 6.07) is 11.7. The summed E-state index contributed by atoms with van der Waals surface area (Å²) in [6.45, 7) is 2.62. The summed E-state index contributed by atoms with van der Waals surface area (Å²) >= 11 is 0. The summed E-state index contributed by atoms with van der Waals surface area (Å²) in [4.78, 5) is 17.6. The van der Waals surface area contributed by atoms with Gasteiger partial charge in [-0.05, 0) is 35.9 Å². The van der Waals surface area contributed by atoms with Crippen molar-refractivity contribution >= 4 is 5.69 Å². The molecule has 0 amide bonds. The van der Waals surface area contributed by atoms with Gasteiger partial charge in [0.2, 0.25) is 0 Å². The van der Waals surface area contributed by atoms with Crippen molar-refractivity contribution in [2.45, 2.75) is 19.4 Å². The van der Waals surface area contributed by atoms with Crippen molar-refractivity contribution < 1.29 is 13.9 Å². The normalized spacial score (nSPS) is 15.6. The number of hydrogen-bond donors (Lipinski definition) is 0. The molecule has 1 aromatic heterocycles. The van der Waals surface area contributed by atoms with Crippen LogP contribution in [0.25, 0.3) is 11.3 Å². The first-order chi connectivity index (χ1) is 13.9. The van der Waals surface area contributed by atoms with Gasteiger partial charge in [-0.15, -0.1) is 0 Å². The second-order valence-corrected chi connectivity index (χ2v) is 7.13. The number of aromatic nitrogens is 2. The summed E-state index contributed by atoms with van der Waals surface area (Å²) in [6.07, 6.45) is 0. The molecule has 150 valence electrons. The van der Waals surface area contributed by atoms with Crippen molar-refractivity contribution in [2.75, 3.05) is 14.2 Å². The van der Waals surface area contributed by atoms with Crippen molar-refractivity contribution in [1.82, 2.24) is 9.13 Å². The molecule has 0 spiro atoms. The van der Waals surface area contributed by atoms with Crippen molar-refractivity contribution in [3.8, 4) is 22.8 Å². The molecule has 3 aromatic rings. The highest BCUT2D eigenvalue weighted by Gasteiger charge is 2.26. The number of benzene rings is 2. The summed E-state index contributed by atoms with van der Waals surface area (Å²) in [5, 5.41) is 0. The van der Waals surface area contributed by atoms with Gasteiger partial charge in [0, 0.05) is 31.1 Å². The zero-order valence-electron chi connectivity index (χ0n) is 16.8. The van der Waals surface area contributed by atoms with Gasteiger partial charge < -0.3 is 9.47 Å². The molecule has 1 aliphatic rings. The highest BCUT2D eigenvalue weighted by molar-refractivity contribution is 5.71. The predicted molar refractivity (Wildman–Crippen MR) is 108 cm³/mol. The summed E-state index contributed by atoms with van der Waals surface area (Å²) in [5.41, 5.74) is 3.44.